The van der Waals surface area contributed by atoms with Gasteiger partial charge in [0.05, 0.1) is 13.3 Å². The highest BCUT2D eigenvalue weighted by Gasteiger charge is 2.41. The fraction of sp³-hybridized carbons (Fsp3) is 0.286. The summed E-state index contributed by atoms with van der Waals surface area (Å²) in [5, 5.41) is 10.8. The van der Waals surface area contributed by atoms with Gasteiger partial charge in [-0.2, -0.15) is 18.3 Å². The minimum atomic E-state index is -4.97. The second-order valence-corrected chi connectivity index (χ2v) is 6.93. The summed E-state index contributed by atoms with van der Waals surface area (Å²) < 4.78 is 53.2. The Hall–Kier alpha value is -3.96. The van der Waals surface area contributed by atoms with Gasteiger partial charge in [0.1, 0.15) is 5.56 Å². The number of carbonyl (C=O) groups excluding carboxylic acids is 2. The van der Waals surface area contributed by atoms with Crippen LogP contribution in [0.5, 0.6) is 5.88 Å². The molecule has 3 aromatic rings. The van der Waals surface area contributed by atoms with Crippen molar-refractivity contribution in [3.63, 3.8) is 0 Å². The van der Waals surface area contributed by atoms with Crippen LogP contribution in [0, 0.1) is 13.8 Å². The summed E-state index contributed by atoms with van der Waals surface area (Å²) in [7, 11) is 1.32. The van der Waals surface area contributed by atoms with Crippen LogP contribution in [0.15, 0.2) is 37.1 Å². The van der Waals surface area contributed by atoms with E-state index in [0.29, 0.717) is 28.7 Å². The molecule has 0 fully saturated rings. The Labute approximate surface area is 186 Å². The standard InChI is InChI=1S/C21H20F3N5O4/c1-5-8-28-12(2)9-14(13(28)3)16(30)11-33-20(31)15-10-25-29(19(15)21(22,23)24)17-6-7-18(32-4)27-26-17/h5-7,9-10H,1,8,11H2,2-4H3. The number of Topliss-reactive ketones (excluding diaryl/α,β-unsaturated/α-hetero) is 1. The number of hydrogen-bond acceptors (Lipinski definition) is 7. The Bertz CT molecular complexity index is 1200. The van der Waals surface area contributed by atoms with E-state index in [0.717, 1.165) is 5.69 Å². The van der Waals surface area contributed by atoms with Crippen LogP contribution in [-0.4, -0.2) is 50.0 Å². The van der Waals surface area contributed by atoms with Crippen molar-refractivity contribution in [1.29, 1.82) is 0 Å². The highest BCUT2D eigenvalue weighted by Crippen LogP contribution is 2.33. The van der Waals surface area contributed by atoms with E-state index >= 15 is 0 Å². The predicted molar refractivity (Wildman–Crippen MR) is 109 cm³/mol. The molecule has 0 atom stereocenters. The van der Waals surface area contributed by atoms with E-state index in [9.17, 15) is 22.8 Å². The molecule has 0 aromatic carbocycles. The summed E-state index contributed by atoms with van der Waals surface area (Å²) in [5.74, 6) is -2.09. The summed E-state index contributed by atoms with van der Waals surface area (Å²) in [5.41, 5.74) is -0.519. The van der Waals surface area contributed by atoms with Crippen LogP contribution in [-0.2, 0) is 17.5 Å². The summed E-state index contributed by atoms with van der Waals surface area (Å²) in [4.78, 5) is 25.0. The molecule has 0 unspecified atom stereocenters. The largest absolute Gasteiger partial charge is 0.480 e. The van der Waals surface area contributed by atoms with Crippen LogP contribution in [0.4, 0.5) is 13.2 Å². The van der Waals surface area contributed by atoms with Gasteiger partial charge in [0.15, 0.2) is 18.1 Å². The lowest BCUT2D eigenvalue weighted by atomic mass is 10.1. The van der Waals surface area contributed by atoms with Gasteiger partial charge >= 0.3 is 12.1 Å². The third kappa shape index (κ3) is 4.78. The number of allylic oxidation sites excluding steroid dienone is 1. The maximum absolute atomic E-state index is 13.8. The number of esters is 1. The normalized spacial score (nSPS) is 11.3. The molecule has 0 aliphatic rings. The van der Waals surface area contributed by atoms with Crippen molar-refractivity contribution in [1.82, 2.24) is 24.5 Å². The zero-order valence-electron chi connectivity index (χ0n) is 18.0. The number of halogens is 3. The van der Waals surface area contributed by atoms with Crippen LogP contribution in [0.25, 0.3) is 5.82 Å². The van der Waals surface area contributed by atoms with Crippen LogP contribution in [0.1, 0.15) is 37.8 Å². The molecule has 0 aliphatic carbocycles. The van der Waals surface area contributed by atoms with Gasteiger partial charge in [-0.3, -0.25) is 4.79 Å². The molecule has 3 aromatic heterocycles. The Balaban J connectivity index is 1.84. The molecule has 0 amide bonds. The second-order valence-electron chi connectivity index (χ2n) is 6.93. The molecule has 0 spiro atoms. The van der Waals surface area contributed by atoms with Gasteiger partial charge in [0.25, 0.3) is 0 Å². The smallest absolute Gasteiger partial charge is 0.434 e. The van der Waals surface area contributed by atoms with Gasteiger partial charge < -0.3 is 14.0 Å². The van der Waals surface area contributed by atoms with E-state index in [2.05, 4.69) is 21.9 Å². The van der Waals surface area contributed by atoms with Crippen LogP contribution >= 0.6 is 0 Å². The molecule has 0 saturated carbocycles. The minimum absolute atomic E-state index is 0.0880. The first-order valence-corrected chi connectivity index (χ1v) is 9.59. The van der Waals surface area contributed by atoms with E-state index < -0.39 is 35.8 Å². The first-order chi connectivity index (χ1) is 15.6. The number of nitrogens with zero attached hydrogens (tertiary/aromatic N) is 5. The zero-order valence-corrected chi connectivity index (χ0v) is 18.0. The highest BCUT2D eigenvalue weighted by atomic mass is 19.4. The van der Waals surface area contributed by atoms with Crippen molar-refractivity contribution in [2.45, 2.75) is 26.6 Å². The fourth-order valence-electron chi connectivity index (χ4n) is 3.26. The summed E-state index contributed by atoms with van der Waals surface area (Å²) in [6.07, 6.45) is -2.60. The number of rotatable bonds is 8. The average molecular weight is 463 g/mol. The molecule has 0 saturated heterocycles. The van der Waals surface area contributed by atoms with Crippen molar-refractivity contribution in [2.75, 3.05) is 13.7 Å². The van der Waals surface area contributed by atoms with E-state index in [4.69, 9.17) is 9.47 Å². The van der Waals surface area contributed by atoms with E-state index in [-0.39, 0.29) is 11.7 Å². The van der Waals surface area contributed by atoms with Crippen molar-refractivity contribution >= 4 is 11.8 Å². The highest BCUT2D eigenvalue weighted by molar-refractivity contribution is 6.00. The number of carbonyl (C=O) groups is 2. The number of aromatic nitrogens is 5. The van der Waals surface area contributed by atoms with Crippen molar-refractivity contribution in [3.05, 3.63) is 65.3 Å². The molecule has 3 heterocycles. The predicted octanol–water partition coefficient (Wildman–Crippen LogP) is 3.33. The maximum atomic E-state index is 13.8. The third-order valence-corrected chi connectivity index (χ3v) is 4.83. The number of hydrogen-bond donors (Lipinski definition) is 0. The topological polar surface area (TPSA) is 101 Å². The van der Waals surface area contributed by atoms with E-state index in [1.54, 1.807) is 26.0 Å². The Morgan fingerprint density at radius 3 is 2.48 bits per heavy atom. The molecule has 33 heavy (non-hydrogen) atoms. The zero-order chi connectivity index (χ0) is 24.3. The first-order valence-electron chi connectivity index (χ1n) is 9.59. The maximum Gasteiger partial charge on any atom is 0.434 e. The van der Waals surface area contributed by atoms with Crippen LogP contribution in [0.3, 0.4) is 0 Å². The van der Waals surface area contributed by atoms with Crippen molar-refractivity contribution in [3.8, 4) is 11.7 Å². The lowest BCUT2D eigenvalue weighted by molar-refractivity contribution is -0.143. The van der Waals surface area contributed by atoms with Gasteiger partial charge in [-0.25, -0.2) is 9.48 Å². The fourth-order valence-corrected chi connectivity index (χ4v) is 3.26. The number of aryl methyl sites for hydroxylation is 1. The summed E-state index contributed by atoms with van der Waals surface area (Å²) in [6.45, 7) is 6.91. The molecule has 174 valence electrons. The van der Waals surface area contributed by atoms with Gasteiger partial charge in [-0.1, -0.05) is 6.08 Å². The number of methoxy groups -OCH3 is 1. The lowest BCUT2D eigenvalue weighted by Crippen LogP contribution is -2.21. The molecular weight excluding hydrogens is 443 g/mol. The summed E-state index contributed by atoms with van der Waals surface area (Å²) in [6, 6.07) is 4.12. The molecule has 0 N–H and O–H groups in total. The molecule has 3 rings (SSSR count). The second kappa shape index (κ2) is 9.27. The van der Waals surface area contributed by atoms with Crippen LogP contribution in [0.2, 0.25) is 0 Å². The van der Waals surface area contributed by atoms with Crippen molar-refractivity contribution in [2.24, 2.45) is 0 Å². The molecule has 0 radical (unpaired) electrons. The Morgan fingerprint density at radius 2 is 1.91 bits per heavy atom. The molecule has 0 bridgehead atoms. The monoisotopic (exact) mass is 463 g/mol. The van der Waals surface area contributed by atoms with Crippen LogP contribution < -0.4 is 4.74 Å². The van der Waals surface area contributed by atoms with Gasteiger partial charge in [0.2, 0.25) is 11.7 Å². The number of alkyl halides is 3. The SMILES string of the molecule is C=CCn1c(C)cc(C(=O)COC(=O)c2cnn(-c3ccc(OC)nn3)c2C(F)(F)F)c1C. The van der Waals surface area contributed by atoms with Gasteiger partial charge in [-0.05, 0) is 26.0 Å². The third-order valence-electron chi connectivity index (χ3n) is 4.83. The van der Waals surface area contributed by atoms with Gasteiger partial charge in [0, 0.05) is 29.6 Å². The van der Waals surface area contributed by atoms with Gasteiger partial charge in [-0.15, -0.1) is 16.8 Å². The van der Waals surface area contributed by atoms with E-state index in [1.165, 1.54) is 19.2 Å². The molecular formula is C21H20F3N5O4. The van der Waals surface area contributed by atoms with E-state index in [1.807, 2.05) is 4.57 Å². The molecule has 0 aliphatic heterocycles. The quantitative estimate of drug-likeness (QED) is 0.287. The first kappa shape index (κ1) is 23.7. The average Bonchev–Trinajstić information content (AvgIpc) is 3.35. The lowest BCUT2D eigenvalue weighted by Gasteiger charge is -2.12. The molecule has 9 nitrogen and oxygen atoms in total. The Kier molecular flexibility index (Phi) is 6.65. The van der Waals surface area contributed by atoms with Crippen molar-refractivity contribution < 1.29 is 32.2 Å². The molecule has 12 heteroatoms. The number of ether oxygens (including phenoxy) is 2. The minimum Gasteiger partial charge on any atom is -0.480 e. The summed E-state index contributed by atoms with van der Waals surface area (Å²) >= 11 is 0. The Morgan fingerprint density at radius 1 is 1.18 bits per heavy atom. The number of ketones is 1.